The normalized spacial score (nSPS) is 21.6. The fourth-order valence-electron chi connectivity index (χ4n) is 1.46. The molecule has 0 saturated heterocycles. The Morgan fingerprint density at radius 1 is 1.57 bits per heavy atom. The molecule has 0 spiro atoms. The molecule has 1 atom stereocenters. The zero-order chi connectivity index (χ0) is 10.7. The number of rotatable bonds is 3. The second-order valence-corrected chi connectivity index (χ2v) is 3.17. The van der Waals surface area contributed by atoms with Gasteiger partial charge in [-0.25, -0.2) is 4.99 Å². The molecule has 1 aliphatic heterocycles. The molecule has 0 aromatic rings. The smallest absolute Gasteiger partial charge is 0.137 e. The van der Waals surface area contributed by atoms with E-state index in [4.69, 9.17) is 5.73 Å². The molecule has 0 saturated carbocycles. The molecule has 0 aromatic heterocycles. The van der Waals surface area contributed by atoms with Gasteiger partial charge < -0.3 is 15.7 Å². The average molecular weight is 195 g/mol. The molecule has 14 heavy (non-hydrogen) atoms. The Morgan fingerprint density at radius 3 is 2.64 bits per heavy atom. The molecule has 1 heterocycles. The van der Waals surface area contributed by atoms with Crippen LogP contribution in [0.5, 0.6) is 0 Å². The van der Waals surface area contributed by atoms with Gasteiger partial charge >= 0.3 is 0 Å². The predicted octanol–water partition coefficient (Wildman–Crippen LogP) is 0.458. The molecule has 4 heteroatoms. The summed E-state index contributed by atoms with van der Waals surface area (Å²) in [6.45, 7) is 9.65. The minimum Gasteiger partial charge on any atom is -0.385 e. The number of likely N-dealkylation sites (N-methyl/N-ethyl adjacent to an activating group) is 1. The molecule has 78 valence electrons. The van der Waals surface area contributed by atoms with E-state index in [1.165, 1.54) is 0 Å². The molecule has 1 unspecified atom stereocenters. The molecule has 0 aromatic carbocycles. The largest absolute Gasteiger partial charge is 0.385 e. The number of nitrogens with two attached hydrogens (primary N) is 1. The summed E-state index contributed by atoms with van der Waals surface area (Å²) in [6, 6.07) is 0. The van der Waals surface area contributed by atoms with Crippen molar-refractivity contribution in [3.63, 3.8) is 0 Å². The Bertz CT molecular complexity index is 290. The first-order chi connectivity index (χ1) is 6.61. The Hall–Kier alpha value is -1.29. The van der Waals surface area contributed by atoms with E-state index in [0.29, 0.717) is 5.57 Å². The zero-order valence-corrected chi connectivity index (χ0v) is 8.70. The van der Waals surface area contributed by atoms with Gasteiger partial charge in [-0.05, 0) is 13.8 Å². The summed E-state index contributed by atoms with van der Waals surface area (Å²) >= 11 is 0. The zero-order valence-electron chi connectivity index (χ0n) is 8.70. The van der Waals surface area contributed by atoms with Gasteiger partial charge in [-0.1, -0.05) is 6.58 Å². The fraction of sp³-hybridized carbons (Fsp3) is 0.500. The standard InChI is InChI=1S/C10H17N3O/c1-4-13(5-2)8-6-12-10(11)9(14)7(8)3/h6,9,14H,3-5H2,1-2H3,(H2,11,12). The van der Waals surface area contributed by atoms with E-state index < -0.39 is 6.10 Å². The van der Waals surface area contributed by atoms with E-state index in [1.54, 1.807) is 6.20 Å². The lowest BCUT2D eigenvalue weighted by Crippen LogP contribution is -2.36. The fourth-order valence-corrected chi connectivity index (χ4v) is 1.46. The second-order valence-electron chi connectivity index (χ2n) is 3.17. The highest BCUT2D eigenvalue weighted by Crippen LogP contribution is 2.20. The van der Waals surface area contributed by atoms with E-state index in [2.05, 4.69) is 16.5 Å². The van der Waals surface area contributed by atoms with Gasteiger partial charge in [-0.2, -0.15) is 0 Å². The Kier molecular flexibility index (Phi) is 3.30. The quantitative estimate of drug-likeness (QED) is 0.687. The average Bonchev–Trinajstić information content (AvgIpc) is 2.19. The molecule has 3 N–H and O–H groups in total. The third-order valence-corrected chi connectivity index (χ3v) is 2.38. The number of amidine groups is 1. The maximum Gasteiger partial charge on any atom is 0.137 e. The first-order valence-corrected chi connectivity index (χ1v) is 4.77. The highest BCUT2D eigenvalue weighted by Gasteiger charge is 2.22. The molecule has 0 amide bonds. The summed E-state index contributed by atoms with van der Waals surface area (Å²) in [5, 5.41) is 9.63. The van der Waals surface area contributed by atoms with Crippen LogP contribution >= 0.6 is 0 Å². The van der Waals surface area contributed by atoms with Gasteiger partial charge in [0.1, 0.15) is 11.9 Å². The number of hydrogen-bond acceptors (Lipinski definition) is 4. The molecular weight excluding hydrogens is 178 g/mol. The van der Waals surface area contributed by atoms with Crippen molar-refractivity contribution in [2.75, 3.05) is 13.1 Å². The number of nitrogens with zero attached hydrogens (tertiary/aromatic N) is 2. The van der Waals surface area contributed by atoms with Crippen LogP contribution in [0.2, 0.25) is 0 Å². The Morgan fingerprint density at radius 2 is 2.14 bits per heavy atom. The van der Waals surface area contributed by atoms with Crippen LogP contribution < -0.4 is 5.73 Å². The van der Waals surface area contributed by atoms with Crippen molar-refractivity contribution in [2.45, 2.75) is 20.0 Å². The first kappa shape index (κ1) is 10.8. The molecule has 1 aliphatic rings. The topological polar surface area (TPSA) is 61.8 Å². The summed E-state index contributed by atoms with van der Waals surface area (Å²) in [6.07, 6.45) is 0.827. The Balaban J connectivity index is 2.94. The van der Waals surface area contributed by atoms with Crippen LogP contribution in [0.25, 0.3) is 0 Å². The van der Waals surface area contributed by atoms with Crippen molar-refractivity contribution in [3.05, 3.63) is 24.0 Å². The maximum absolute atomic E-state index is 9.63. The molecule has 0 fully saturated rings. The number of aliphatic imine (C=N–C) groups is 1. The van der Waals surface area contributed by atoms with Crippen molar-refractivity contribution in [2.24, 2.45) is 10.7 Å². The highest BCUT2D eigenvalue weighted by atomic mass is 16.3. The first-order valence-electron chi connectivity index (χ1n) is 4.77. The lowest BCUT2D eigenvalue weighted by molar-refractivity contribution is 0.264. The molecule has 0 bridgehead atoms. The third kappa shape index (κ3) is 1.80. The highest BCUT2D eigenvalue weighted by molar-refractivity contribution is 5.90. The summed E-state index contributed by atoms with van der Waals surface area (Å²) in [4.78, 5) is 6.02. The lowest BCUT2D eigenvalue weighted by Gasteiger charge is -2.29. The van der Waals surface area contributed by atoms with Crippen LogP contribution in [0.4, 0.5) is 0 Å². The van der Waals surface area contributed by atoms with E-state index in [9.17, 15) is 5.11 Å². The van der Waals surface area contributed by atoms with E-state index >= 15 is 0 Å². The lowest BCUT2D eigenvalue weighted by atomic mass is 10.0. The molecular formula is C10H17N3O. The Labute approximate surface area is 84.4 Å². The summed E-state index contributed by atoms with van der Waals surface area (Å²) in [7, 11) is 0. The van der Waals surface area contributed by atoms with Crippen LogP contribution in [0, 0.1) is 0 Å². The van der Waals surface area contributed by atoms with Gasteiger partial charge in [0.25, 0.3) is 0 Å². The van der Waals surface area contributed by atoms with Crippen molar-refractivity contribution in [1.82, 2.24) is 4.90 Å². The van der Waals surface area contributed by atoms with E-state index in [0.717, 1.165) is 18.8 Å². The van der Waals surface area contributed by atoms with Crippen molar-refractivity contribution in [1.29, 1.82) is 0 Å². The van der Waals surface area contributed by atoms with Gasteiger partial charge in [0.05, 0.1) is 11.9 Å². The molecule has 0 aliphatic carbocycles. The van der Waals surface area contributed by atoms with Gasteiger partial charge in [0.15, 0.2) is 0 Å². The SMILES string of the molecule is C=C1C(N(CC)CC)=CN=C(N)C1O. The minimum atomic E-state index is -0.837. The van der Waals surface area contributed by atoms with Crippen LogP contribution in [0.15, 0.2) is 29.0 Å². The number of aliphatic hydroxyl groups is 1. The molecule has 0 radical (unpaired) electrons. The number of aliphatic hydroxyl groups excluding tert-OH is 1. The van der Waals surface area contributed by atoms with Gasteiger partial charge in [-0.3, -0.25) is 0 Å². The van der Waals surface area contributed by atoms with Crippen LogP contribution in [0.3, 0.4) is 0 Å². The van der Waals surface area contributed by atoms with Gasteiger partial charge in [-0.15, -0.1) is 0 Å². The minimum absolute atomic E-state index is 0.214. The summed E-state index contributed by atoms with van der Waals surface area (Å²) in [5.74, 6) is 0.214. The summed E-state index contributed by atoms with van der Waals surface area (Å²) < 4.78 is 0. The van der Waals surface area contributed by atoms with Crippen molar-refractivity contribution >= 4 is 5.84 Å². The van der Waals surface area contributed by atoms with Crippen LogP contribution in [0.1, 0.15) is 13.8 Å². The predicted molar refractivity (Wildman–Crippen MR) is 57.8 cm³/mol. The van der Waals surface area contributed by atoms with Gasteiger partial charge in [0, 0.05) is 18.7 Å². The molecule has 4 nitrogen and oxygen atoms in total. The van der Waals surface area contributed by atoms with E-state index in [-0.39, 0.29) is 5.84 Å². The van der Waals surface area contributed by atoms with Gasteiger partial charge in [0.2, 0.25) is 0 Å². The summed E-state index contributed by atoms with van der Waals surface area (Å²) in [5.41, 5.74) is 6.99. The van der Waals surface area contributed by atoms with Crippen LogP contribution in [-0.4, -0.2) is 35.0 Å². The number of hydrogen-bond donors (Lipinski definition) is 2. The van der Waals surface area contributed by atoms with Crippen LogP contribution in [-0.2, 0) is 0 Å². The second kappa shape index (κ2) is 4.28. The maximum atomic E-state index is 9.63. The monoisotopic (exact) mass is 195 g/mol. The van der Waals surface area contributed by atoms with Crippen molar-refractivity contribution < 1.29 is 5.11 Å². The third-order valence-electron chi connectivity index (χ3n) is 2.38. The van der Waals surface area contributed by atoms with E-state index in [1.807, 2.05) is 13.8 Å². The van der Waals surface area contributed by atoms with Crippen molar-refractivity contribution in [3.8, 4) is 0 Å². The molecule has 1 rings (SSSR count).